The van der Waals surface area contributed by atoms with Gasteiger partial charge in [-0.1, -0.05) is 0 Å². The van der Waals surface area contributed by atoms with Crippen molar-refractivity contribution in [3.05, 3.63) is 33.9 Å². The van der Waals surface area contributed by atoms with Gasteiger partial charge in [-0.3, -0.25) is 19.7 Å². The Bertz CT molecular complexity index is 501. The summed E-state index contributed by atoms with van der Waals surface area (Å²) in [6, 6.07) is 4.02. The first-order chi connectivity index (χ1) is 8.45. The molecule has 0 spiro atoms. The van der Waals surface area contributed by atoms with E-state index < -0.39 is 16.7 Å². The number of rotatable bonds is 5. The maximum Gasteiger partial charge on any atom is 0.282 e. The lowest BCUT2D eigenvalue weighted by molar-refractivity contribution is -0.385. The van der Waals surface area contributed by atoms with Gasteiger partial charge in [0.05, 0.1) is 11.5 Å². The molecule has 96 valence electrons. The SMILES string of the molecule is CNc1ccc([N+](=O)[O-])c(C(=O)NCC(N)=O)c1. The highest BCUT2D eigenvalue weighted by Crippen LogP contribution is 2.22. The molecule has 4 N–H and O–H groups in total. The number of nitrogens with zero attached hydrogens (tertiary/aromatic N) is 1. The summed E-state index contributed by atoms with van der Waals surface area (Å²) in [6.45, 7) is -0.375. The fourth-order valence-electron chi connectivity index (χ4n) is 1.30. The molecule has 0 aliphatic rings. The van der Waals surface area contributed by atoms with Gasteiger partial charge in [-0.25, -0.2) is 0 Å². The second kappa shape index (κ2) is 5.62. The number of carbonyl (C=O) groups is 2. The second-order valence-electron chi connectivity index (χ2n) is 3.39. The standard InChI is InChI=1S/C10H12N4O4/c1-12-6-2-3-8(14(17)18)7(4-6)10(16)13-5-9(11)15/h2-4,12H,5H2,1H3,(H2,11,15)(H,13,16). The highest BCUT2D eigenvalue weighted by molar-refractivity contribution is 6.00. The number of amides is 2. The van der Waals surface area contributed by atoms with E-state index in [9.17, 15) is 19.7 Å². The molecule has 0 aliphatic carbocycles. The highest BCUT2D eigenvalue weighted by atomic mass is 16.6. The minimum absolute atomic E-state index is 0.131. The molecule has 1 aromatic carbocycles. The van der Waals surface area contributed by atoms with Crippen molar-refractivity contribution in [2.45, 2.75) is 0 Å². The van der Waals surface area contributed by atoms with Crippen molar-refractivity contribution in [2.24, 2.45) is 5.73 Å². The van der Waals surface area contributed by atoms with Gasteiger partial charge in [0.15, 0.2) is 0 Å². The van der Waals surface area contributed by atoms with Crippen molar-refractivity contribution in [1.29, 1.82) is 0 Å². The summed E-state index contributed by atoms with van der Waals surface area (Å²) in [6.07, 6.45) is 0. The van der Waals surface area contributed by atoms with Gasteiger partial charge < -0.3 is 16.4 Å². The first kappa shape index (κ1) is 13.4. The monoisotopic (exact) mass is 252 g/mol. The molecule has 0 saturated carbocycles. The van der Waals surface area contributed by atoms with Gasteiger partial charge in [0, 0.05) is 18.8 Å². The van der Waals surface area contributed by atoms with Crippen LogP contribution in [0.3, 0.4) is 0 Å². The van der Waals surface area contributed by atoms with Gasteiger partial charge >= 0.3 is 0 Å². The van der Waals surface area contributed by atoms with E-state index in [1.807, 2.05) is 0 Å². The predicted molar refractivity (Wildman–Crippen MR) is 64.2 cm³/mol. The number of anilines is 1. The van der Waals surface area contributed by atoms with Crippen molar-refractivity contribution in [1.82, 2.24) is 5.32 Å². The van der Waals surface area contributed by atoms with Crippen LogP contribution in [0.5, 0.6) is 0 Å². The molecule has 1 aromatic rings. The molecule has 8 heteroatoms. The molecule has 0 fully saturated rings. The van der Waals surface area contributed by atoms with Crippen LogP contribution in [0.4, 0.5) is 11.4 Å². The summed E-state index contributed by atoms with van der Waals surface area (Å²) in [5.74, 6) is -1.45. The molecular weight excluding hydrogens is 240 g/mol. The van der Waals surface area contributed by atoms with E-state index in [2.05, 4.69) is 10.6 Å². The lowest BCUT2D eigenvalue weighted by Gasteiger charge is -2.06. The molecule has 18 heavy (non-hydrogen) atoms. The van der Waals surface area contributed by atoms with Gasteiger partial charge in [0.25, 0.3) is 11.6 Å². The quantitative estimate of drug-likeness (QED) is 0.496. The maximum absolute atomic E-state index is 11.7. The smallest absolute Gasteiger partial charge is 0.282 e. The Morgan fingerprint density at radius 2 is 2.11 bits per heavy atom. The lowest BCUT2D eigenvalue weighted by Crippen LogP contribution is -2.33. The van der Waals surface area contributed by atoms with Crippen LogP contribution in [0.15, 0.2) is 18.2 Å². The van der Waals surface area contributed by atoms with Crippen LogP contribution in [-0.2, 0) is 4.79 Å². The molecule has 0 unspecified atom stereocenters. The zero-order chi connectivity index (χ0) is 13.7. The summed E-state index contributed by atoms with van der Waals surface area (Å²) in [7, 11) is 1.62. The molecule has 0 aliphatic heterocycles. The number of hydrogen-bond acceptors (Lipinski definition) is 5. The van der Waals surface area contributed by atoms with E-state index in [0.717, 1.165) is 0 Å². The topological polar surface area (TPSA) is 127 Å². The Balaban J connectivity index is 3.06. The Labute approximate surface area is 102 Å². The molecule has 0 radical (unpaired) electrons. The number of nitro benzene ring substituents is 1. The van der Waals surface area contributed by atoms with Crippen molar-refractivity contribution in [2.75, 3.05) is 18.9 Å². The maximum atomic E-state index is 11.7. The summed E-state index contributed by atoms with van der Waals surface area (Å²) in [5.41, 5.74) is 4.95. The average molecular weight is 252 g/mol. The third-order valence-corrected chi connectivity index (χ3v) is 2.15. The molecule has 0 atom stereocenters. The van der Waals surface area contributed by atoms with E-state index in [4.69, 9.17) is 5.73 Å². The minimum Gasteiger partial charge on any atom is -0.388 e. The van der Waals surface area contributed by atoms with E-state index in [0.29, 0.717) is 5.69 Å². The van der Waals surface area contributed by atoms with Gasteiger partial charge in [-0.05, 0) is 12.1 Å². The fourth-order valence-corrected chi connectivity index (χ4v) is 1.30. The molecule has 0 saturated heterocycles. The number of nitro groups is 1. The lowest BCUT2D eigenvalue weighted by atomic mass is 10.1. The Hall–Kier alpha value is -2.64. The van der Waals surface area contributed by atoms with Crippen LogP contribution in [0.1, 0.15) is 10.4 Å². The number of hydrogen-bond donors (Lipinski definition) is 3. The molecule has 0 heterocycles. The molecule has 0 bridgehead atoms. The molecule has 0 aromatic heterocycles. The number of nitrogens with two attached hydrogens (primary N) is 1. The summed E-state index contributed by atoms with van der Waals surface area (Å²) in [4.78, 5) is 32.3. The first-order valence-corrected chi connectivity index (χ1v) is 4.98. The van der Waals surface area contributed by atoms with Crippen LogP contribution in [-0.4, -0.2) is 30.3 Å². The zero-order valence-corrected chi connectivity index (χ0v) is 9.60. The van der Waals surface area contributed by atoms with Crippen molar-refractivity contribution >= 4 is 23.2 Å². The summed E-state index contributed by atoms with van der Waals surface area (Å²) in [5, 5.41) is 15.7. The van der Waals surface area contributed by atoms with Crippen molar-refractivity contribution < 1.29 is 14.5 Å². The number of nitrogens with one attached hydrogen (secondary N) is 2. The van der Waals surface area contributed by atoms with Gasteiger partial charge in [-0.2, -0.15) is 0 Å². The fraction of sp³-hybridized carbons (Fsp3) is 0.200. The molecular formula is C10H12N4O4. The number of carbonyl (C=O) groups excluding carboxylic acids is 2. The normalized spacial score (nSPS) is 9.61. The van der Waals surface area contributed by atoms with E-state index in [1.54, 1.807) is 7.05 Å². The number of primary amides is 1. The summed E-state index contributed by atoms with van der Waals surface area (Å²) < 4.78 is 0. The molecule has 1 rings (SSSR count). The highest BCUT2D eigenvalue weighted by Gasteiger charge is 2.20. The summed E-state index contributed by atoms with van der Waals surface area (Å²) >= 11 is 0. The van der Waals surface area contributed by atoms with Crippen LogP contribution in [0.25, 0.3) is 0 Å². The zero-order valence-electron chi connectivity index (χ0n) is 9.60. The molecule has 2 amide bonds. The Kier molecular flexibility index (Phi) is 4.19. The van der Waals surface area contributed by atoms with Crippen molar-refractivity contribution in [3.8, 4) is 0 Å². The van der Waals surface area contributed by atoms with E-state index in [1.165, 1.54) is 18.2 Å². The largest absolute Gasteiger partial charge is 0.388 e. The molecule has 8 nitrogen and oxygen atoms in total. The Morgan fingerprint density at radius 3 is 2.61 bits per heavy atom. The van der Waals surface area contributed by atoms with Gasteiger partial charge in [0.1, 0.15) is 5.56 Å². The average Bonchev–Trinajstić information content (AvgIpc) is 2.34. The number of benzene rings is 1. The first-order valence-electron chi connectivity index (χ1n) is 4.98. The van der Waals surface area contributed by atoms with E-state index in [-0.39, 0.29) is 17.8 Å². The van der Waals surface area contributed by atoms with Gasteiger partial charge in [-0.15, -0.1) is 0 Å². The third-order valence-electron chi connectivity index (χ3n) is 2.15. The van der Waals surface area contributed by atoms with Crippen LogP contribution >= 0.6 is 0 Å². The van der Waals surface area contributed by atoms with Crippen LogP contribution in [0, 0.1) is 10.1 Å². The van der Waals surface area contributed by atoms with Crippen molar-refractivity contribution in [3.63, 3.8) is 0 Å². The Morgan fingerprint density at radius 1 is 1.44 bits per heavy atom. The second-order valence-corrected chi connectivity index (χ2v) is 3.39. The van der Waals surface area contributed by atoms with Crippen LogP contribution in [0.2, 0.25) is 0 Å². The minimum atomic E-state index is -0.726. The third kappa shape index (κ3) is 3.17. The van der Waals surface area contributed by atoms with Gasteiger partial charge in [0.2, 0.25) is 5.91 Å². The van der Waals surface area contributed by atoms with Crippen LogP contribution < -0.4 is 16.4 Å². The predicted octanol–water partition coefficient (Wildman–Crippen LogP) is -0.148. The van der Waals surface area contributed by atoms with E-state index >= 15 is 0 Å².